The minimum atomic E-state index is -0.289. The van der Waals surface area contributed by atoms with Gasteiger partial charge in [-0.05, 0) is 97.3 Å². The molecule has 6 rings (SSSR count). The predicted molar refractivity (Wildman–Crippen MR) is 154 cm³/mol. The average molecular weight is 538 g/mol. The maximum atomic E-state index is 13.3. The van der Waals surface area contributed by atoms with Crippen molar-refractivity contribution in [2.24, 2.45) is 5.10 Å². The van der Waals surface area contributed by atoms with E-state index in [4.69, 9.17) is 26.2 Å². The summed E-state index contributed by atoms with van der Waals surface area (Å²) in [7, 11) is 0. The van der Waals surface area contributed by atoms with Crippen LogP contribution in [0.4, 0.5) is 10.5 Å². The Kier molecular flexibility index (Phi) is 6.49. The van der Waals surface area contributed by atoms with Crippen LogP contribution in [0, 0.1) is 0 Å². The summed E-state index contributed by atoms with van der Waals surface area (Å²) in [5.74, 6) is 2.21. The number of carbonyl (C=O) groups excluding carboxylic acids is 1. The van der Waals surface area contributed by atoms with Gasteiger partial charge in [0.1, 0.15) is 22.8 Å². The number of ether oxygens (including phenoxy) is 2. The molecule has 0 saturated carbocycles. The van der Waals surface area contributed by atoms with Crippen LogP contribution in [0.5, 0.6) is 17.2 Å². The zero-order valence-electron chi connectivity index (χ0n) is 21.7. The fourth-order valence-corrected chi connectivity index (χ4v) is 5.16. The zero-order chi connectivity index (χ0) is 27.0. The van der Waals surface area contributed by atoms with E-state index in [0.29, 0.717) is 28.8 Å². The Morgan fingerprint density at radius 3 is 2.38 bits per heavy atom. The summed E-state index contributed by atoms with van der Waals surface area (Å²) in [5.41, 5.74) is 4.58. The largest absolute Gasteiger partial charge is 0.487 e. The minimum absolute atomic E-state index is 0.0412. The van der Waals surface area contributed by atoms with Gasteiger partial charge in [0.25, 0.3) is 0 Å². The lowest BCUT2D eigenvalue weighted by Crippen LogP contribution is -2.30. The molecule has 0 aliphatic carbocycles. The molecule has 0 aromatic heterocycles. The third kappa shape index (κ3) is 5.47. The molecule has 0 spiro atoms. The Bertz CT molecular complexity index is 1530. The second kappa shape index (κ2) is 10.1. The van der Waals surface area contributed by atoms with Gasteiger partial charge in [0, 0.05) is 23.0 Å². The number of halogens is 1. The molecule has 196 valence electrons. The summed E-state index contributed by atoms with van der Waals surface area (Å²) in [6.07, 6.45) is 0.835. The van der Waals surface area contributed by atoms with E-state index in [1.165, 1.54) is 5.01 Å². The van der Waals surface area contributed by atoms with Gasteiger partial charge in [0.15, 0.2) is 0 Å². The highest BCUT2D eigenvalue weighted by atomic mass is 35.5. The van der Waals surface area contributed by atoms with Crippen molar-refractivity contribution in [3.05, 3.63) is 119 Å². The minimum Gasteiger partial charge on any atom is -0.487 e. The van der Waals surface area contributed by atoms with Crippen molar-refractivity contribution in [2.75, 3.05) is 11.9 Å². The number of benzene rings is 4. The number of carbonyl (C=O) groups is 1. The first-order chi connectivity index (χ1) is 18.8. The average Bonchev–Trinajstić information content (AvgIpc) is 3.51. The topological polar surface area (TPSA) is 63.2 Å². The lowest BCUT2D eigenvalue weighted by Gasteiger charge is -2.16. The molecule has 0 fully saturated rings. The highest BCUT2D eigenvalue weighted by Crippen LogP contribution is 2.37. The van der Waals surface area contributed by atoms with Crippen LogP contribution < -0.4 is 14.8 Å². The summed E-state index contributed by atoms with van der Waals surface area (Å²) in [6, 6.07) is 30.5. The van der Waals surface area contributed by atoms with Gasteiger partial charge in [0.05, 0.1) is 12.3 Å². The number of amides is 2. The molecular formula is C32H28ClN3O3. The van der Waals surface area contributed by atoms with Crippen molar-refractivity contribution < 1.29 is 14.3 Å². The van der Waals surface area contributed by atoms with Crippen LogP contribution in [-0.2, 0) is 6.42 Å². The molecule has 1 N–H and O–H groups in total. The molecule has 1 unspecified atom stereocenters. The van der Waals surface area contributed by atoms with Gasteiger partial charge >= 0.3 is 6.03 Å². The van der Waals surface area contributed by atoms with Crippen molar-refractivity contribution >= 4 is 29.0 Å². The number of nitrogens with one attached hydrogen (secondary N) is 1. The van der Waals surface area contributed by atoms with Crippen LogP contribution >= 0.6 is 11.6 Å². The number of anilines is 1. The fraction of sp³-hybridized carbons (Fsp3) is 0.188. The van der Waals surface area contributed by atoms with Gasteiger partial charge in [-0.3, -0.25) is 0 Å². The summed E-state index contributed by atoms with van der Waals surface area (Å²) < 4.78 is 11.9. The van der Waals surface area contributed by atoms with Crippen LogP contribution in [0.25, 0.3) is 0 Å². The van der Waals surface area contributed by atoms with Gasteiger partial charge in [-0.25, -0.2) is 9.80 Å². The SMILES string of the molecule is CC1(C)Cc2cc(C3=NN(C(=O)Nc4ccc(Oc5ccc(Cl)cc5)cc4)CC3c3ccccc3)ccc2O1. The Hall–Kier alpha value is -4.29. The molecule has 39 heavy (non-hydrogen) atoms. The van der Waals surface area contributed by atoms with E-state index in [0.717, 1.165) is 34.6 Å². The number of hydrazone groups is 1. The third-order valence-corrected chi connectivity index (χ3v) is 7.12. The van der Waals surface area contributed by atoms with Gasteiger partial charge in [0.2, 0.25) is 0 Å². The van der Waals surface area contributed by atoms with Crippen molar-refractivity contribution in [2.45, 2.75) is 31.8 Å². The van der Waals surface area contributed by atoms with Gasteiger partial charge < -0.3 is 14.8 Å². The summed E-state index contributed by atoms with van der Waals surface area (Å²) >= 11 is 5.94. The highest BCUT2D eigenvalue weighted by molar-refractivity contribution is 6.30. The third-order valence-electron chi connectivity index (χ3n) is 6.86. The Morgan fingerprint density at radius 1 is 0.974 bits per heavy atom. The molecule has 0 saturated heterocycles. The highest BCUT2D eigenvalue weighted by Gasteiger charge is 2.35. The molecule has 7 heteroatoms. The van der Waals surface area contributed by atoms with Gasteiger partial charge in [-0.15, -0.1) is 0 Å². The standard InChI is InChI=1S/C32H28ClN3O3/c1-32(2)19-23-18-22(8-17-29(23)39-32)30-28(21-6-4-3-5-7-21)20-36(35-30)31(37)34-25-11-15-27(16-12-25)38-26-13-9-24(33)10-14-26/h3-18,28H,19-20H2,1-2H3,(H,34,37). The zero-order valence-corrected chi connectivity index (χ0v) is 22.5. The van der Waals surface area contributed by atoms with Gasteiger partial charge in [-0.2, -0.15) is 5.10 Å². The van der Waals surface area contributed by atoms with Crippen LogP contribution in [0.3, 0.4) is 0 Å². The Morgan fingerprint density at radius 2 is 1.67 bits per heavy atom. The summed E-state index contributed by atoms with van der Waals surface area (Å²) in [6.45, 7) is 4.63. The molecule has 2 amide bonds. The van der Waals surface area contributed by atoms with Crippen molar-refractivity contribution in [3.8, 4) is 17.2 Å². The first-order valence-electron chi connectivity index (χ1n) is 12.9. The van der Waals surface area contributed by atoms with E-state index < -0.39 is 0 Å². The van der Waals surface area contributed by atoms with E-state index in [-0.39, 0.29) is 17.6 Å². The molecule has 6 nitrogen and oxygen atoms in total. The van der Waals surface area contributed by atoms with Crippen LogP contribution in [-0.4, -0.2) is 28.9 Å². The van der Waals surface area contributed by atoms with Crippen molar-refractivity contribution in [3.63, 3.8) is 0 Å². The van der Waals surface area contributed by atoms with Crippen molar-refractivity contribution in [1.82, 2.24) is 5.01 Å². The molecule has 0 bridgehead atoms. The first-order valence-corrected chi connectivity index (χ1v) is 13.3. The molecule has 4 aromatic carbocycles. The lowest BCUT2D eigenvalue weighted by atomic mass is 9.89. The second-order valence-electron chi connectivity index (χ2n) is 10.4. The van der Waals surface area contributed by atoms with E-state index in [1.807, 2.05) is 42.5 Å². The van der Waals surface area contributed by atoms with Gasteiger partial charge in [-0.1, -0.05) is 41.9 Å². The molecule has 2 aliphatic rings. The lowest BCUT2D eigenvalue weighted by molar-refractivity contribution is 0.138. The molecule has 2 aliphatic heterocycles. The number of nitrogens with zero attached hydrogens (tertiary/aromatic N) is 2. The quantitative estimate of drug-likeness (QED) is 0.281. The number of hydrogen-bond donors (Lipinski definition) is 1. The predicted octanol–water partition coefficient (Wildman–Crippen LogP) is 7.88. The Labute approximate surface area is 232 Å². The number of rotatable bonds is 5. The van der Waals surface area contributed by atoms with E-state index in [9.17, 15) is 4.79 Å². The van der Waals surface area contributed by atoms with E-state index in [2.05, 4.69) is 37.4 Å². The number of hydrogen-bond acceptors (Lipinski definition) is 4. The first kappa shape index (κ1) is 25.0. The van der Waals surface area contributed by atoms with E-state index >= 15 is 0 Å². The van der Waals surface area contributed by atoms with E-state index in [1.54, 1.807) is 36.4 Å². The summed E-state index contributed by atoms with van der Waals surface area (Å²) in [5, 5.41) is 9.94. The normalized spacial score (nSPS) is 17.3. The molecular weight excluding hydrogens is 510 g/mol. The fourth-order valence-electron chi connectivity index (χ4n) is 5.04. The molecule has 4 aromatic rings. The number of fused-ring (bicyclic) bond motifs is 1. The molecule has 2 heterocycles. The smallest absolute Gasteiger partial charge is 0.342 e. The molecule has 0 radical (unpaired) electrons. The van der Waals surface area contributed by atoms with Crippen LogP contribution in [0.2, 0.25) is 5.02 Å². The second-order valence-corrected chi connectivity index (χ2v) is 10.8. The molecule has 1 atom stereocenters. The Balaban J connectivity index is 1.21. The maximum Gasteiger partial charge on any atom is 0.342 e. The van der Waals surface area contributed by atoms with Crippen molar-refractivity contribution in [1.29, 1.82) is 0 Å². The maximum absolute atomic E-state index is 13.3. The summed E-state index contributed by atoms with van der Waals surface area (Å²) in [4.78, 5) is 13.3. The monoisotopic (exact) mass is 537 g/mol. The van der Waals surface area contributed by atoms with Crippen LogP contribution in [0.1, 0.15) is 36.5 Å². The van der Waals surface area contributed by atoms with Crippen LogP contribution in [0.15, 0.2) is 102 Å². The number of urea groups is 1.